The number of aliphatic hydroxyl groups excluding tert-OH is 1. The van der Waals surface area contributed by atoms with Gasteiger partial charge in [-0.05, 0) is 50.3 Å². The molecule has 0 saturated carbocycles. The summed E-state index contributed by atoms with van der Waals surface area (Å²) in [6, 6.07) is 7.58. The first-order valence-corrected chi connectivity index (χ1v) is 6.81. The van der Waals surface area contributed by atoms with Crippen molar-refractivity contribution in [2.45, 2.75) is 46.6 Å². The van der Waals surface area contributed by atoms with Gasteiger partial charge < -0.3 is 9.84 Å². The van der Waals surface area contributed by atoms with Crippen LogP contribution in [0.25, 0.3) is 0 Å². The fourth-order valence-electron chi connectivity index (χ4n) is 1.74. The molecule has 0 atom stereocenters. The average Bonchev–Trinajstić information content (AvgIpc) is 2.29. The number of carbonyl (C=O) groups excluding carboxylic acids is 1. The zero-order valence-electron chi connectivity index (χ0n) is 13.0. The molecule has 0 radical (unpaired) electrons. The number of benzene rings is 1. The zero-order valence-corrected chi connectivity index (χ0v) is 13.0. The van der Waals surface area contributed by atoms with E-state index in [2.05, 4.69) is 5.32 Å². The van der Waals surface area contributed by atoms with E-state index in [1.165, 1.54) is 0 Å². The molecule has 20 heavy (non-hydrogen) atoms. The van der Waals surface area contributed by atoms with Crippen LogP contribution in [0, 0.1) is 5.41 Å². The second-order valence-corrected chi connectivity index (χ2v) is 6.82. The minimum Gasteiger partial charge on any atom is -0.444 e. The predicted molar refractivity (Wildman–Crippen MR) is 80.9 cm³/mol. The number of anilines is 1. The normalized spacial score (nSPS) is 12.1. The van der Waals surface area contributed by atoms with Crippen LogP contribution in [-0.4, -0.2) is 23.4 Å². The zero-order chi connectivity index (χ0) is 15.4. The monoisotopic (exact) mass is 279 g/mol. The first-order chi connectivity index (χ1) is 9.11. The van der Waals surface area contributed by atoms with E-state index >= 15 is 0 Å². The van der Waals surface area contributed by atoms with Crippen molar-refractivity contribution in [3.8, 4) is 0 Å². The van der Waals surface area contributed by atoms with Gasteiger partial charge in [0.15, 0.2) is 0 Å². The molecule has 0 aromatic heterocycles. The summed E-state index contributed by atoms with van der Waals surface area (Å²) >= 11 is 0. The Morgan fingerprint density at radius 2 is 1.70 bits per heavy atom. The van der Waals surface area contributed by atoms with E-state index in [0.717, 1.165) is 12.0 Å². The van der Waals surface area contributed by atoms with Crippen LogP contribution in [0.1, 0.15) is 40.2 Å². The molecule has 0 heterocycles. The third-order valence-corrected chi connectivity index (χ3v) is 2.71. The van der Waals surface area contributed by atoms with Crippen LogP contribution in [-0.2, 0) is 11.2 Å². The molecule has 0 saturated heterocycles. The second-order valence-electron chi connectivity index (χ2n) is 6.82. The molecule has 4 heteroatoms. The fraction of sp³-hybridized carbons (Fsp3) is 0.562. The molecule has 1 aromatic carbocycles. The van der Waals surface area contributed by atoms with E-state index in [0.29, 0.717) is 5.69 Å². The van der Waals surface area contributed by atoms with Crippen molar-refractivity contribution < 1.29 is 14.6 Å². The van der Waals surface area contributed by atoms with Crippen molar-refractivity contribution in [2.75, 3.05) is 11.9 Å². The summed E-state index contributed by atoms with van der Waals surface area (Å²) in [5.74, 6) is 0. The Morgan fingerprint density at radius 3 is 2.15 bits per heavy atom. The SMILES string of the molecule is CC(C)(CO)Cc1ccc(NC(=O)OC(C)(C)C)cc1. The summed E-state index contributed by atoms with van der Waals surface area (Å²) in [6.45, 7) is 9.65. The Hall–Kier alpha value is -1.55. The van der Waals surface area contributed by atoms with E-state index in [-0.39, 0.29) is 12.0 Å². The van der Waals surface area contributed by atoms with Crippen molar-refractivity contribution in [1.29, 1.82) is 0 Å². The van der Waals surface area contributed by atoms with Crippen LogP contribution in [0.4, 0.5) is 10.5 Å². The number of amides is 1. The molecule has 1 amide bonds. The van der Waals surface area contributed by atoms with Gasteiger partial charge in [0, 0.05) is 12.3 Å². The highest BCUT2D eigenvalue weighted by atomic mass is 16.6. The Bertz CT molecular complexity index is 444. The molecule has 0 unspecified atom stereocenters. The highest BCUT2D eigenvalue weighted by Crippen LogP contribution is 2.22. The largest absolute Gasteiger partial charge is 0.444 e. The molecule has 1 aromatic rings. The van der Waals surface area contributed by atoms with Gasteiger partial charge in [0.25, 0.3) is 0 Å². The van der Waals surface area contributed by atoms with E-state index in [4.69, 9.17) is 4.74 Å². The Kier molecular flexibility index (Phi) is 5.17. The van der Waals surface area contributed by atoms with E-state index in [1.54, 1.807) is 0 Å². The molecule has 2 N–H and O–H groups in total. The van der Waals surface area contributed by atoms with Crippen LogP contribution < -0.4 is 5.32 Å². The van der Waals surface area contributed by atoms with Gasteiger partial charge in [-0.3, -0.25) is 5.32 Å². The number of rotatable bonds is 4. The molecule has 1 rings (SSSR count). The van der Waals surface area contributed by atoms with E-state index < -0.39 is 11.7 Å². The van der Waals surface area contributed by atoms with Crippen molar-refractivity contribution in [3.05, 3.63) is 29.8 Å². The van der Waals surface area contributed by atoms with Crippen molar-refractivity contribution in [1.82, 2.24) is 0 Å². The molecule has 112 valence electrons. The number of carbonyl (C=O) groups is 1. The van der Waals surface area contributed by atoms with Crippen LogP contribution in [0.5, 0.6) is 0 Å². The van der Waals surface area contributed by atoms with E-state index in [1.807, 2.05) is 58.9 Å². The maximum atomic E-state index is 11.6. The average molecular weight is 279 g/mol. The number of nitrogens with one attached hydrogen (secondary N) is 1. The van der Waals surface area contributed by atoms with Gasteiger partial charge in [-0.15, -0.1) is 0 Å². The fourth-order valence-corrected chi connectivity index (χ4v) is 1.74. The van der Waals surface area contributed by atoms with Gasteiger partial charge >= 0.3 is 6.09 Å². The summed E-state index contributed by atoms with van der Waals surface area (Å²) in [6.07, 6.45) is 0.330. The number of hydrogen-bond donors (Lipinski definition) is 2. The van der Waals surface area contributed by atoms with Gasteiger partial charge in [0.05, 0.1) is 0 Å². The summed E-state index contributed by atoms with van der Waals surface area (Å²) in [5, 5.41) is 12.0. The maximum Gasteiger partial charge on any atom is 0.412 e. The third-order valence-electron chi connectivity index (χ3n) is 2.71. The van der Waals surface area contributed by atoms with Crippen molar-refractivity contribution >= 4 is 11.8 Å². The van der Waals surface area contributed by atoms with Crippen LogP contribution >= 0.6 is 0 Å². The van der Waals surface area contributed by atoms with Crippen LogP contribution in [0.3, 0.4) is 0 Å². The van der Waals surface area contributed by atoms with Gasteiger partial charge in [0.1, 0.15) is 5.60 Å². The lowest BCUT2D eigenvalue weighted by atomic mass is 9.87. The number of ether oxygens (including phenoxy) is 1. The molecule has 0 bridgehead atoms. The van der Waals surface area contributed by atoms with Gasteiger partial charge in [0.2, 0.25) is 0 Å². The minimum atomic E-state index is -0.505. The molecular weight excluding hydrogens is 254 g/mol. The summed E-state index contributed by atoms with van der Waals surface area (Å²) in [4.78, 5) is 11.6. The smallest absolute Gasteiger partial charge is 0.412 e. The quantitative estimate of drug-likeness (QED) is 0.885. The lowest BCUT2D eigenvalue weighted by molar-refractivity contribution is 0.0636. The van der Waals surface area contributed by atoms with Gasteiger partial charge in [-0.25, -0.2) is 4.79 Å². The highest BCUT2D eigenvalue weighted by molar-refractivity contribution is 5.84. The Labute approximate surface area is 121 Å². The summed E-state index contributed by atoms with van der Waals surface area (Å²) < 4.78 is 5.19. The maximum absolute atomic E-state index is 11.6. The predicted octanol–water partition coefficient (Wildman–Crippen LogP) is 3.59. The minimum absolute atomic E-state index is 0.139. The standard InChI is InChI=1S/C16H25NO3/c1-15(2,3)20-14(19)17-13-8-6-12(7-9-13)10-16(4,5)11-18/h6-9,18H,10-11H2,1-5H3,(H,17,19). The van der Waals surface area contributed by atoms with E-state index in [9.17, 15) is 9.90 Å². The summed E-state index contributed by atoms with van der Waals surface area (Å²) in [5.41, 5.74) is 1.18. The van der Waals surface area contributed by atoms with Crippen molar-refractivity contribution in [3.63, 3.8) is 0 Å². The molecule has 0 fully saturated rings. The topological polar surface area (TPSA) is 58.6 Å². The van der Waals surface area contributed by atoms with Crippen LogP contribution in [0.2, 0.25) is 0 Å². The van der Waals surface area contributed by atoms with Gasteiger partial charge in [-0.1, -0.05) is 26.0 Å². The van der Waals surface area contributed by atoms with Gasteiger partial charge in [-0.2, -0.15) is 0 Å². The first-order valence-electron chi connectivity index (χ1n) is 6.81. The third kappa shape index (κ3) is 6.06. The Morgan fingerprint density at radius 1 is 1.15 bits per heavy atom. The number of hydrogen-bond acceptors (Lipinski definition) is 3. The molecule has 4 nitrogen and oxygen atoms in total. The highest BCUT2D eigenvalue weighted by Gasteiger charge is 2.18. The second kappa shape index (κ2) is 6.27. The molecule has 0 aliphatic heterocycles. The molecule has 0 aliphatic rings. The van der Waals surface area contributed by atoms with Crippen molar-refractivity contribution in [2.24, 2.45) is 5.41 Å². The van der Waals surface area contributed by atoms with Crippen LogP contribution in [0.15, 0.2) is 24.3 Å². The summed E-state index contributed by atoms with van der Waals surface area (Å²) in [7, 11) is 0. The Balaban J connectivity index is 2.61. The lowest BCUT2D eigenvalue weighted by Crippen LogP contribution is -2.27. The molecular formula is C16H25NO3. The number of aliphatic hydroxyl groups is 1. The molecule has 0 spiro atoms. The lowest BCUT2D eigenvalue weighted by Gasteiger charge is -2.22. The molecule has 0 aliphatic carbocycles. The first kappa shape index (κ1) is 16.5.